The Morgan fingerprint density at radius 3 is 2.47 bits per heavy atom. The van der Waals surface area contributed by atoms with E-state index in [4.69, 9.17) is 16.6 Å². The maximum atomic E-state index is 12.8. The lowest BCUT2D eigenvalue weighted by molar-refractivity contribution is -0.117. The molecule has 1 atom stereocenters. The third-order valence-corrected chi connectivity index (χ3v) is 6.03. The summed E-state index contributed by atoms with van der Waals surface area (Å²) in [5.74, 6) is 1.19. The van der Waals surface area contributed by atoms with Gasteiger partial charge in [0.15, 0.2) is 0 Å². The fraction of sp³-hybridized carbons (Fsp3) is 0.200. The van der Waals surface area contributed by atoms with Crippen LogP contribution in [0.25, 0.3) is 11.0 Å². The summed E-state index contributed by atoms with van der Waals surface area (Å²) in [4.78, 5) is 19.6. The number of carbonyl (C=O) groups is 1. The number of hydrogen-bond acceptors (Lipinski definition) is 2. The van der Waals surface area contributed by atoms with Crippen LogP contribution in [0.4, 0.5) is 5.69 Å². The molecule has 1 aliphatic rings. The number of aromatic nitrogens is 2. The average molecular weight is 416 g/mol. The standard InChI is InChI=1S/C25H22ClN3O/c26-20-10-12-21(13-11-20)29-17-19(16-24(29)30)25-27-22-8-4-5-9-23(22)28(25)15-14-18-6-2-1-3-7-18/h1-13,19H,14-17H2. The summed E-state index contributed by atoms with van der Waals surface area (Å²) in [5.41, 5.74) is 4.30. The number of hydrogen-bond donors (Lipinski definition) is 0. The lowest BCUT2D eigenvalue weighted by Gasteiger charge is -2.17. The van der Waals surface area contributed by atoms with Crippen molar-refractivity contribution in [2.24, 2.45) is 0 Å². The Labute approximate surface area is 180 Å². The van der Waals surface area contributed by atoms with E-state index in [-0.39, 0.29) is 11.8 Å². The van der Waals surface area contributed by atoms with Crippen molar-refractivity contribution < 1.29 is 4.79 Å². The summed E-state index contributed by atoms with van der Waals surface area (Å²) >= 11 is 6.01. The molecule has 0 bridgehead atoms. The molecule has 30 heavy (non-hydrogen) atoms. The minimum Gasteiger partial charge on any atom is -0.327 e. The largest absolute Gasteiger partial charge is 0.327 e. The van der Waals surface area contributed by atoms with Gasteiger partial charge in [-0.1, -0.05) is 54.1 Å². The Bertz CT molecular complexity index is 1180. The summed E-state index contributed by atoms with van der Waals surface area (Å²) in [6.07, 6.45) is 1.40. The molecule has 3 aromatic carbocycles. The van der Waals surface area contributed by atoms with Gasteiger partial charge in [0.25, 0.3) is 0 Å². The Hall–Kier alpha value is -3.11. The van der Waals surface area contributed by atoms with Crippen LogP contribution >= 0.6 is 11.6 Å². The maximum Gasteiger partial charge on any atom is 0.227 e. The Morgan fingerprint density at radius 1 is 0.933 bits per heavy atom. The number of aryl methyl sites for hydroxylation is 2. The van der Waals surface area contributed by atoms with Crippen molar-refractivity contribution in [1.82, 2.24) is 9.55 Å². The van der Waals surface area contributed by atoms with Crippen LogP contribution in [0.3, 0.4) is 0 Å². The van der Waals surface area contributed by atoms with Gasteiger partial charge in [0.1, 0.15) is 5.82 Å². The molecular weight excluding hydrogens is 394 g/mol. The lowest BCUT2D eigenvalue weighted by Crippen LogP contribution is -2.24. The number of amides is 1. The Morgan fingerprint density at radius 2 is 1.67 bits per heavy atom. The number of carbonyl (C=O) groups excluding carboxylic acids is 1. The zero-order chi connectivity index (χ0) is 20.5. The fourth-order valence-electron chi connectivity index (χ4n) is 4.28. The van der Waals surface area contributed by atoms with E-state index in [1.165, 1.54) is 5.56 Å². The van der Waals surface area contributed by atoms with E-state index >= 15 is 0 Å². The van der Waals surface area contributed by atoms with Gasteiger partial charge in [0, 0.05) is 36.1 Å². The van der Waals surface area contributed by atoms with Gasteiger partial charge < -0.3 is 9.47 Å². The van der Waals surface area contributed by atoms with E-state index in [1.54, 1.807) is 0 Å². The second kappa shape index (κ2) is 7.96. The molecule has 0 spiro atoms. The van der Waals surface area contributed by atoms with Crippen LogP contribution in [0.1, 0.15) is 23.7 Å². The maximum absolute atomic E-state index is 12.8. The van der Waals surface area contributed by atoms with Crippen molar-refractivity contribution >= 4 is 34.2 Å². The zero-order valence-corrected chi connectivity index (χ0v) is 17.3. The number of para-hydroxylation sites is 2. The quantitative estimate of drug-likeness (QED) is 0.434. The number of nitrogens with zero attached hydrogens (tertiary/aromatic N) is 3. The molecule has 0 radical (unpaired) electrons. The molecule has 4 aromatic rings. The molecule has 5 rings (SSSR count). The predicted molar refractivity (Wildman–Crippen MR) is 121 cm³/mol. The molecule has 5 heteroatoms. The van der Waals surface area contributed by atoms with E-state index < -0.39 is 0 Å². The molecule has 150 valence electrons. The van der Waals surface area contributed by atoms with Gasteiger partial charge in [-0.2, -0.15) is 0 Å². The number of fused-ring (bicyclic) bond motifs is 1. The van der Waals surface area contributed by atoms with E-state index in [9.17, 15) is 4.79 Å². The van der Waals surface area contributed by atoms with Crippen molar-refractivity contribution in [3.8, 4) is 0 Å². The molecule has 2 heterocycles. The number of imidazole rings is 1. The van der Waals surface area contributed by atoms with Crippen LogP contribution in [-0.4, -0.2) is 22.0 Å². The molecule has 1 amide bonds. The van der Waals surface area contributed by atoms with Gasteiger partial charge in [-0.25, -0.2) is 4.98 Å². The molecule has 1 aliphatic heterocycles. The van der Waals surface area contributed by atoms with E-state index in [0.29, 0.717) is 18.0 Å². The second-order valence-corrected chi connectivity index (χ2v) is 8.16. The van der Waals surface area contributed by atoms with Crippen molar-refractivity contribution in [2.75, 3.05) is 11.4 Å². The highest BCUT2D eigenvalue weighted by Gasteiger charge is 2.34. The lowest BCUT2D eigenvalue weighted by atomic mass is 10.1. The highest BCUT2D eigenvalue weighted by atomic mass is 35.5. The summed E-state index contributed by atoms with van der Waals surface area (Å²) in [5, 5.41) is 0.671. The summed E-state index contributed by atoms with van der Waals surface area (Å²) < 4.78 is 2.30. The first-order valence-corrected chi connectivity index (χ1v) is 10.6. The van der Waals surface area contributed by atoms with E-state index in [1.807, 2.05) is 53.4 Å². The topological polar surface area (TPSA) is 38.1 Å². The van der Waals surface area contributed by atoms with Crippen molar-refractivity contribution in [2.45, 2.75) is 25.3 Å². The van der Waals surface area contributed by atoms with Gasteiger partial charge >= 0.3 is 0 Å². The molecule has 1 aromatic heterocycles. The van der Waals surface area contributed by atoms with Gasteiger partial charge in [-0.05, 0) is 48.4 Å². The zero-order valence-electron chi connectivity index (χ0n) is 16.5. The van der Waals surface area contributed by atoms with Gasteiger partial charge in [-0.15, -0.1) is 0 Å². The monoisotopic (exact) mass is 415 g/mol. The summed E-state index contributed by atoms with van der Waals surface area (Å²) in [6, 6.07) is 26.2. The van der Waals surface area contributed by atoms with E-state index in [2.05, 4.69) is 34.9 Å². The normalized spacial score (nSPS) is 16.5. The third kappa shape index (κ3) is 3.59. The number of rotatable bonds is 5. The van der Waals surface area contributed by atoms with Crippen molar-refractivity contribution in [3.63, 3.8) is 0 Å². The highest BCUT2D eigenvalue weighted by Crippen LogP contribution is 2.33. The molecule has 4 nitrogen and oxygen atoms in total. The van der Waals surface area contributed by atoms with Crippen LogP contribution in [0.2, 0.25) is 5.02 Å². The minimum absolute atomic E-state index is 0.0661. The van der Waals surface area contributed by atoms with Crippen LogP contribution in [-0.2, 0) is 17.8 Å². The summed E-state index contributed by atoms with van der Waals surface area (Å²) in [6.45, 7) is 1.47. The molecule has 0 N–H and O–H groups in total. The van der Waals surface area contributed by atoms with Crippen LogP contribution in [0.15, 0.2) is 78.9 Å². The predicted octanol–water partition coefficient (Wildman–Crippen LogP) is 5.45. The molecule has 1 saturated heterocycles. The first-order chi connectivity index (χ1) is 14.7. The van der Waals surface area contributed by atoms with Gasteiger partial charge in [0.05, 0.1) is 11.0 Å². The molecular formula is C25H22ClN3O. The number of benzene rings is 3. The van der Waals surface area contributed by atoms with Crippen LogP contribution < -0.4 is 4.90 Å². The van der Waals surface area contributed by atoms with Gasteiger partial charge in [-0.3, -0.25) is 4.79 Å². The minimum atomic E-state index is 0.0661. The molecule has 0 aliphatic carbocycles. The number of halogens is 1. The van der Waals surface area contributed by atoms with Crippen molar-refractivity contribution in [3.05, 3.63) is 95.3 Å². The summed E-state index contributed by atoms with van der Waals surface area (Å²) in [7, 11) is 0. The Kier molecular flexibility index (Phi) is 5.01. The molecule has 1 unspecified atom stereocenters. The fourth-order valence-corrected chi connectivity index (χ4v) is 4.40. The Balaban J connectivity index is 1.46. The first kappa shape index (κ1) is 18.9. The smallest absolute Gasteiger partial charge is 0.227 e. The first-order valence-electron chi connectivity index (χ1n) is 10.2. The SMILES string of the molecule is O=C1CC(c2nc3ccccc3n2CCc2ccccc2)CN1c1ccc(Cl)cc1. The highest BCUT2D eigenvalue weighted by molar-refractivity contribution is 6.30. The average Bonchev–Trinajstić information content (AvgIpc) is 3.34. The third-order valence-electron chi connectivity index (χ3n) is 5.78. The van der Waals surface area contributed by atoms with Crippen LogP contribution in [0.5, 0.6) is 0 Å². The van der Waals surface area contributed by atoms with E-state index in [0.717, 1.165) is 35.5 Å². The number of anilines is 1. The second-order valence-electron chi connectivity index (χ2n) is 7.73. The van der Waals surface area contributed by atoms with Crippen molar-refractivity contribution in [1.29, 1.82) is 0 Å². The molecule has 1 fully saturated rings. The van der Waals surface area contributed by atoms with Gasteiger partial charge in [0.2, 0.25) is 5.91 Å². The molecule has 0 saturated carbocycles. The van der Waals surface area contributed by atoms with Crippen LogP contribution in [0, 0.1) is 0 Å².